The molecule has 0 radical (unpaired) electrons. The summed E-state index contributed by atoms with van der Waals surface area (Å²) in [4.78, 5) is 28.7. The summed E-state index contributed by atoms with van der Waals surface area (Å²) in [7, 11) is 0. The SMILES string of the molecule is C#CCNC(=O)C1CCC(N2CCC3(CC2)CN(C(C)=O)c2ccc(F)cc23)CC1. The van der Waals surface area contributed by atoms with E-state index in [1.807, 2.05) is 4.90 Å². The summed E-state index contributed by atoms with van der Waals surface area (Å²) in [6, 6.07) is 5.32. The van der Waals surface area contributed by atoms with Gasteiger partial charge in [0.2, 0.25) is 11.8 Å². The van der Waals surface area contributed by atoms with Crippen molar-refractivity contribution < 1.29 is 14.0 Å². The number of anilines is 1. The molecule has 2 amide bonds. The highest BCUT2D eigenvalue weighted by molar-refractivity contribution is 5.94. The molecule has 0 atom stereocenters. The molecule has 6 heteroatoms. The average molecular weight is 412 g/mol. The van der Waals surface area contributed by atoms with Gasteiger partial charge in [0, 0.05) is 36.5 Å². The Balaban J connectivity index is 1.38. The summed E-state index contributed by atoms with van der Waals surface area (Å²) in [5.74, 6) is 2.39. The van der Waals surface area contributed by atoms with Crippen LogP contribution in [0.5, 0.6) is 0 Å². The lowest BCUT2D eigenvalue weighted by Crippen LogP contribution is -2.50. The van der Waals surface area contributed by atoms with Gasteiger partial charge in [-0.05, 0) is 75.4 Å². The molecule has 1 aromatic carbocycles. The second-order valence-electron chi connectivity index (χ2n) is 9.01. The molecule has 160 valence electrons. The molecule has 0 unspecified atom stereocenters. The van der Waals surface area contributed by atoms with Crippen molar-refractivity contribution >= 4 is 17.5 Å². The zero-order valence-electron chi connectivity index (χ0n) is 17.6. The Morgan fingerprint density at radius 2 is 1.93 bits per heavy atom. The van der Waals surface area contributed by atoms with Gasteiger partial charge >= 0.3 is 0 Å². The van der Waals surface area contributed by atoms with Crippen molar-refractivity contribution in [3.63, 3.8) is 0 Å². The van der Waals surface area contributed by atoms with Crippen LogP contribution in [0, 0.1) is 24.1 Å². The van der Waals surface area contributed by atoms with E-state index in [0.717, 1.165) is 62.9 Å². The number of rotatable bonds is 3. The second-order valence-corrected chi connectivity index (χ2v) is 9.01. The maximum absolute atomic E-state index is 14.0. The number of hydrogen-bond acceptors (Lipinski definition) is 3. The third-order valence-corrected chi connectivity index (χ3v) is 7.37. The molecule has 1 saturated carbocycles. The Morgan fingerprint density at radius 3 is 2.57 bits per heavy atom. The van der Waals surface area contributed by atoms with E-state index in [-0.39, 0.29) is 29.0 Å². The molecule has 5 nitrogen and oxygen atoms in total. The molecule has 2 aliphatic heterocycles. The predicted octanol–water partition coefficient (Wildman–Crippen LogP) is 2.83. The summed E-state index contributed by atoms with van der Waals surface area (Å²) in [6.45, 7) is 4.42. The van der Waals surface area contributed by atoms with Gasteiger partial charge in [-0.1, -0.05) is 5.92 Å². The first kappa shape index (κ1) is 20.9. The quantitative estimate of drug-likeness (QED) is 0.779. The monoisotopic (exact) mass is 411 g/mol. The maximum Gasteiger partial charge on any atom is 0.223 e. The molecule has 1 aromatic rings. The molecule has 1 saturated heterocycles. The number of piperidine rings is 1. The van der Waals surface area contributed by atoms with Crippen molar-refractivity contribution in [2.45, 2.75) is 56.9 Å². The maximum atomic E-state index is 14.0. The number of nitrogens with one attached hydrogen (secondary N) is 1. The Labute approximate surface area is 178 Å². The minimum atomic E-state index is -0.234. The molecule has 30 heavy (non-hydrogen) atoms. The summed E-state index contributed by atoms with van der Waals surface area (Å²) < 4.78 is 14.0. The second kappa shape index (κ2) is 8.39. The van der Waals surface area contributed by atoms with Crippen molar-refractivity contribution in [1.29, 1.82) is 0 Å². The number of terminal acetylenes is 1. The van der Waals surface area contributed by atoms with Crippen molar-refractivity contribution in [2.75, 3.05) is 31.1 Å². The van der Waals surface area contributed by atoms with E-state index in [1.54, 1.807) is 19.1 Å². The number of carbonyl (C=O) groups is 2. The van der Waals surface area contributed by atoms with Crippen LogP contribution in [0.15, 0.2) is 18.2 Å². The number of likely N-dealkylation sites (tertiary alicyclic amines) is 1. The molecular weight excluding hydrogens is 381 g/mol. The molecule has 0 aromatic heterocycles. The van der Waals surface area contributed by atoms with Crippen LogP contribution in [0.4, 0.5) is 10.1 Å². The fourth-order valence-electron chi connectivity index (χ4n) is 5.65. The van der Waals surface area contributed by atoms with Crippen LogP contribution in [0.2, 0.25) is 0 Å². The van der Waals surface area contributed by atoms with Gasteiger partial charge in [-0.2, -0.15) is 0 Å². The zero-order valence-corrected chi connectivity index (χ0v) is 17.6. The number of carbonyl (C=O) groups excluding carboxylic acids is 2. The fraction of sp³-hybridized carbons (Fsp3) is 0.583. The molecule has 3 aliphatic rings. The summed E-state index contributed by atoms with van der Waals surface area (Å²) in [5, 5.41) is 2.81. The molecule has 0 bridgehead atoms. The van der Waals surface area contributed by atoms with Crippen LogP contribution in [0.1, 0.15) is 51.0 Å². The third kappa shape index (κ3) is 3.83. The Kier molecular flexibility index (Phi) is 5.84. The van der Waals surface area contributed by atoms with Crippen LogP contribution in [-0.4, -0.2) is 48.9 Å². The number of benzene rings is 1. The first-order valence-electron chi connectivity index (χ1n) is 11.0. The van der Waals surface area contributed by atoms with Gasteiger partial charge in [-0.15, -0.1) is 6.42 Å². The molecule has 1 N–H and O–H groups in total. The highest BCUT2D eigenvalue weighted by Crippen LogP contribution is 2.48. The van der Waals surface area contributed by atoms with Gasteiger partial charge in [-0.3, -0.25) is 9.59 Å². The van der Waals surface area contributed by atoms with Gasteiger partial charge < -0.3 is 15.1 Å². The standard InChI is InChI=1S/C24H30FN3O2/c1-3-12-26-23(30)18-4-7-20(8-5-18)27-13-10-24(11-14-27)16-28(17(2)29)22-9-6-19(25)15-21(22)24/h1,6,9,15,18,20H,4-5,7-8,10-14,16H2,2H3,(H,26,30). The average Bonchev–Trinajstić information content (AvgIpc) is 3.06. The number of nitrogens with zero attached hydrogens (tertiary/aromatic N) is 2. The van der Waals surface area contributed by atoms with E-state index in [0.29, 0.717) is 19.1 Å². The molecule has 2 fully saturated rings. The van der Waals surface area contributed by atoms with Crippen LogP contribution in [0.25, 0.3) is 0 Å². The Hall–Kier alpha value is -2.39. The van der Waals surface area contributed by atoms with Gasteiger partial charge in [0.1, 0.15) is 5.82 Å². The predicted molar refractivity (Wildman–Crippen MR) is 115 cm³/mol. The third-order valence-electron chi connectivity index (χ3n) is 7.37. The van der Waals surface area contributed by atoms with Crippen LogP contribution in [0.3, 0.4) is 0 Å². The van der Waals surface area contributed by atoms with Gasteiger partial charge in [-0.25, -0.2) is 4.39 Å². The van der Waals surface area contributed by atoms with Crippen LogP contribution >= 0.6 is 0 Å². The lowest BCUT2D eigenvalue weighted by molar-refractivity contribution is -0.126. The number of amides is 2. The largest absolute Gasteiger partial charge is 0.345 e. The van der Waals surface area contributed by atoms with Crippen LogP contribution < -0.4 is 10.2 Å². The van der Waals surface area contributed by atoms with E-state index in [4.69, 9.17) is 6.42 Å². The van der Waals surface area contributed by atoms with Crippen LogP contribution in [-0.2, 0) is 15.0 Å². The summed E-state index contributed by atoms with van der Waals surface area (Å²) in [6.07, 6.45) is 10.9. The molecule has 4 rings (SSSR count). The van der Waals surface area contributed by atoms with Crippen molar-refractivity contribution in [3.05, 3.63) is 29.6 Å². The van der Waals surface area contributed by atoms with Crippen molar-refractivity contribution in [1.82, 2.24) is 10.2 Å². The Bertz CT molecular complexity index is 862. The topological polar surface area (TPSA) is 52.7 Å². The van der Waals surface area contributed by atoms with E-state index >= 15 is 0 Å². The van der Waals surface area contributed by atoms with E-state index in [1.165, 1.54) is 6.07 Å². The first-order chi connectivity index (χ1) is 14.4. The highest BCUT2D eigenvalue weighted by Gasteiger charge is 2.46. The van der Waals surface area contributed by atoms with E-state index < -0.39 is 0 Å². The fourth-order valence-corrected chi connectivity index (χ4v) is 5.65. The summed E-state index contributed by atoms with van der Waals surface area (Å²) in [5.41, 5.74) is 1.72. The van der Waals surface area contributed by atoms with E-state index in [2.05, 4.69) is 16.1 Å². The van der Waals surface area contributed by atoms with E-state index in [9.17, 15) is 14.0 Å². The lowest BCUT2D eigenvalue weighted by Gasteiger charge is -2.44. The van der Waals surface area contributed by atoms with Gasteiger partial charge in [0.25, 0.3) is 0 Å². The number of fused-ring (bicyclic) bond motifs is 2. The van der Waals surface area contributed by atoms with Gasteiger partial charge in [0.05, 0.1) is 6.54 Å². The first-order valence-corrected chi connectivity index (χ1v) is 11.0. The molecule has 1 aliphatic carbocycles. The molecule has 1 spiro atoms. The molecular formula is C24H30FN3O2. The van der Waals surface area contributed by atoms with Crippen molar-refractivity contribution in [3.8, 4) is 12.3 Å². The molecule has 2 heterocycles. The highest BCUT2D eigenvalue weighted by atomic mass is 19.1. The van der Waals surface area contributed by atoms with Crippen molar-refractivity contribution in [2.24, 2.45) is 5.92 Å². The number of halogens is 1. The lowest BCUT2D eigenvalue weighted by atomic mass is 9.73. The normalized spacial score (nSPS) is 25.6. The zero-order chi connectivity index (χ0) is 21.3. The number of hydrogen-bond donors (Lipinski definition) is 1. The minimum Gasteiger partial charge on any atom is -0.345 e. The minimum absolute atomic E-state index is 0.0172. The Morgan fingerprint density at radius 1 is 1.23 bits per heavy atom. The smallest absolute Gasteiger partial charge is 0.223 e. The summed E-state index contributed by atoms with van der Waals surface area (Å²) >= 11 is 0. The van der Waals surface area contributed by atoms with Gasteiger partial charge in [0.15, 0.2) is 0 Å².